The van der Waals surface area contributed by atoms with Gasteiger partial charge in [0, 0.05) is 13.1 Å². The van der Waals surface area contributed by atoms with Gasteiger partial charge in [0.25, 0.3) is 0 Å². The standard InChI is InChI=1S/C18H36N/c1-2-3-4-5-6-7-8-12-16-19-17-15-18-13-10-9-11-14-18/h18H,2-17H2,1H3. The Morgan fingerprint density at radius 3 is 2.05 bits per heavy atom. The van der Waals surface area contributed by atoms with Gasteiger partial charge in [-0.05, 0) is 18.8 Å². The maximum Gasteiger partial charge on any atom is 0.0136 e. The summed E-state index contributed by atoms with van der Waals surface area (Å²) in [4.78, 5) is 0. The predicted octanol–water partition coefficient (Wildman–Crippen LogP) is 5.70. The Labute approximate surface area is 121 Å². The lowest BCUT2D eigenvalue weighted by atomic mass is 9.87. The van der Waals surface area contributed by atoms with Gasteiger partial charge in [0.15, 0.2) is 0 Å². The van der Waals surface area contributed by atoms with Crippen molar-refractivity contribution in [2.24, 2.45) is 5.92 Å². The van der Waals surface area contributed by atoms with Crippen LogP contribution in [0.4, 0.5) is 0 Å². The first-order valence-electron chi connectivity index (χ1n) is 9.06. The lowest BCUT2D eigenvalue weighted by Crippen LogP contribution is -2.14. The first kappa shape index (κ1) is 17.0. The lowest BCUT2D eigenvalue weighted by molar-refractivity contribution is 0.332. The number of unbranched alkanes of at least 4 members (excludes halogenated alkanes) is 7. The molecule has 0 aromatic heterocycles. The van der Waals surface area contributed by atoms with Crippen LogP contribution in [-0.2, 0) is 0 Å². The van der Waals surface area contributed by atoms with Gasteiger partial charge in [0.05, 0.1) is 0 Å². The maximum absolute atomic E-state index is 4.71. The van der Waals surface area contributed by atoms with Gasteiger partial charge in [-0.1, -0.05) is 84.0 Å². The second kappa shape index (κ2) is 13.0. The third kappa shape index (κ3) is 10.4. The van der Waals surface area contributed by atoms with Crippen LogP contribution >= 0.6 is 0 Å². The second-order valence-corrected chi connectivity index (χ2v) is 6.44. The van der Waals surface area contributed by atoms with Gasteiger partial charge in [-0.25, -0.2) is 5.32 Å². The van der Waals surface area contributed by atoms with Gasteiger partial charge in [-0.3, -0.25) is 0 Å². The van der Waals surface area contributed by atoms with Crippen molar-refractivity contribution in [2.45, 2.75) is 96.8 Å². The van der Waals surface area contributed by atoms with Gasteiger partial charge >= 0.3 is 0 Å². The van der Waals surface area contributed by atoms with Gasteiger partial charge in [-0.2, -0.15) is 0 Å². The number of hydrogen-bond donors (Lipinski definition) is 0. The van der Waals surface area contributed by atoms with Crippen LogP contribution in [0.15, 0.2) is 0 Å². The zero-order chi connectivity index (χ0) is 13.6. The molecule has 1 aliphatic rings. The smallest absolute Gasteiger partial charge is 0.0136 e. The molecular weight excluding hydrogens is 230 g/mol. The zero-order valence-corrected chi connectivity index (χ0v) is 13.3. The Hall–Kier alpha value is -0.0400. The molecule has 19 heavy (non-hydrogen) atoms. The average Bonchev–Trinajstić information content (AvgIpc) is 2.46. The van der Waals surface area contributed by atoms with E-state index in [4.69, 9.17) is 5.32 Å². The molecular formula is C18H36N. The van der Waals surface area contributed by atoms with E-state index in [-0.39, 0.29) is 0 Å². The van der Waals surface area contributed by atoms with E-state index in [9.17, 15) is 0 Å². The first-order chi connectivity index (χ1) is 9.43. The minimum atomic E-state index is 1.01. The summed E-state index contributed by atoms with van der Waals surface area (Å²) in [7, 11) is 0. The molecule has 1 rings (SSSR count). The quantitative estimate of drug-likeness (QED) is 0.402. The fourth-order valence-electron chi connectivity index (χ4n) is 3.22. The molecule has 0 aromatic rings. The van der Waals surface area contributed by atoms with Crippen molar-refractivity contribution in [1.29, 1.82) is 0 Å². The topological polar surface area (TPSA) is 14.1 Å². The lowest BCUT2D eigenvalue weighted by Gasteiger charge is -2.21. The fourth-order valence-corrected chi connectivity index (χ4v) is 3.22. The molecule has 0 spiro atoms. The highest BCUT2D eigenvalue weighted by molar-refractivity contribution is 4.66. The largest absolute Gasteiger partial charge is 0.242 e. The molecule has 0 atom stereocenters. The Morgan fingerprint density at radius 2 is 1.37 bits per heavy atom. The van der Waals surface area contributed by atoms with Crippen molar-refractivity contribution in [3.8, 4) is 0 Å². The normalized spacial score (nSPS) is 16.9. The highest BCUT2D eigenvalue weighted by atomic mass is 14.8. The third-order valence-corrected chi connectivity index (χ3v) is 4.59. The van der Waals surface area contributed by atoms with Gasteiger partial charge in [-0.15, -0.1) is 0 Å². The molecule has 0 unspecified atom stereocenters. The molecule has 0 aliphatic heterocycles. The van der Waals surface area contributed by atoms with E-state index in [1.165, 1.54) is 89.9 Å². The van der Waals surface area contributed by atoms with Crippen molar-refractivity contribution in [3.05, 3.63) is 0 Å². The minimum Gasteiger partial charge on any atom is -0.242 e. The molecule has 1 nitrogen and oxygen atoms in total. The van der Waals surface area contributed by atoms with Crippen molar-refractivity contribution < 1.29 is 0 Å². The molecule has 0 bridgehead atoms. The van der Waals surface area contributed by atoms with E-state index in [0.29, 0.717) is 0 Å². The van der Waals surface area contributed by atoms with Crippen LogP contribution in [0.25, 0.3) is 0 Å². The minimum absolute atomic E-state index is 1.01. The van der Waals surface area contributed by atoms with E-state index >= 15 is 0 Å². The molecule has 0 aromatic carbocycles. The summed E-state index contributed by atoms with van der Waals surface area (Å²) in [6, 6.07) is 0. The SMILES string of the molecule is CCCCCCCCCC[N]CCC1CCCCC1. The molecule has 1 heteroatoms. The molecule has 0 heterocycles. The molecule has 0 saturated heterocycles. The van der Waals surface area contributed by atoms with Crippen molar-refractivity contribution in [1.82, 2.24) is 5.32 Å². The molecule has 0 N–H and O–H groups in total. The monoisotopic (exact) mass is 266 g/mol. The Balaban J connectivity index is 1.71. The number of rotatable bonds is 12. The first-order valence-corrected chi connectivity index (χ1v) is 9.06. The number of hydrogen-bond acceptors (Lipinski definition) is 0. The molecule has 1 fully saturated rings. The second-order valence-electron chi connectivity index (χ2n) is 6.44. The highest BCUT2D eigenvalue weighted by Crippen LogP contribution is 2.25. The zero-order valence-electron chi connectivity index (χ0n) is 13.3. The highest BCUT2D eigenvalue weighted by Gasteiger charge is 2.12. The summed E-state index contributed by atoms with van der Waals surface area (Å²) in [6.07, 6.45) is 20.1. The van der Waals surface area contributed by atoms with E-state index in [1.807, 2.05) is 0 Å². The summed E-state index contributed by atoms with van der Waals surface area (Å²) in [5, 5.41) is 4.71. The Bertz CT molecular complexity index is 173. The van der Waals surface area contributed by atoms with Crippen LogP contribution in [-0.4, -0.2) is 13.1 Å². The molecule has 1 saturated carbocycles. The summed E-state index contributed by atoms with van der Waals surface area (Å²) in [5.74, 6) is 1.01. The molecule has 1 radical (unpaired) electrons. The average molecular weight is 266 g/mol. The fraction of sp³-hybridized carbons (Fsp3) is 1.00. The molecule has 1 aliphatic carbocycles. The van der Waals surface area contributed by atoms with Gasteiger partial charge < -0.3 is 0 Å². The third-order valence-electron chi connectivity index (χ3n) is 4.59. The predicted molar refractivity (Wildman–Crippen MR) is 85.7 cm³/mol. The van der Waals surface area contributed by atoms with Crippen LogP contribution < -0.4 is 5.32 Å². The number of nitrogens with zero attached hydrogens (tertiary/aromatic N) is 1. The Morgan fingerprint density at radius 1 is 0.737 bits per heavy atom. The summed E-state index contributed by atoms with van der Waals surface area (Å²) >= 11 is 0. The van der Waals surface area contributed by atoms with Crippen LogP contribution in [0, 0.1) is 5.92 Å². The van der Waals surface area contributed by atoms with E-state index in [1.54, 1.807) is 0 Å². The molecule has 113 valence electrons. The van der Waals surface area contributed by atoms with Crippen LogP contribution in [0.3, 0.4) is 0 Å². The van der Waals surface area contributed by atoms with Gasteiger partial charge in [0.2, 0.25) is 0 Å². The van der Waals surface area contributed by atoms with E-state index in [0.717, 1.165) is 19.0 Å². The van der Waals surface area contributed by atoms with Crippen molar-refractivity contribution >= 4 is 0 Å². The van der Waals surface area contributed by atoms with Crippen LogP contribution in [0.2, 0.25) is 0 Å². The van der Waals surface area contributed by atoms with Crippen molar-refractivity contribution in [3.63, 3.8) is 0 Å². The Kier molecular flexibility index (Phi) is 11.6. The van der Waals surface area contributed by atoms with Crippen molar-refractivity contribution in [2.75, 3.05) is 13.1 Å². The molecule has 0 amide bonds. The van der Waals surface area contributed by atoms with Crippen LogP contribution in [0.5, 0.6) is 0 Å². The van der Waals surface area contributed by atoms with Gasteiger partial charge in [0.1, 0.15) is 0 Å². The van der Waals surface area contributed by atoms with E-state index < -0.39 is 0 Å². The summed E-state index contributed by atoms with van der Waals surface area (Å²) < 4.78 is 0. The summed E-state index contributed by atoms with van der Waals surface area (Å²) in [5.41, 5.74) is 0. The maximum atomic E-state index is 4.71. The van der Waals surface area contributed by atoms with Crippen LogP contribution in [0.1, 0.15) is 96.8 Å². The summed E-state index contributed by atoms with van der Waals surface area (Å²) in [6.45, 7) is 4.55. The van der Waals surface area contributed by atoms with E-state index in [2.05, 4.69) is 6.92 Å².